The standard InChI is InChI=1S/C11H20N2O2.ClH/c14-11(10-8-12-5-6-15-10)13-7-9-3-1-2-4-9;/h9-10,12H,1-8H2,(H,13,14);1H. The quantitative estimate of drug-likeness (QED) is 0.773. The van der Waals surface area contributed by atoms with Gasteiger partial charge < -0.3 is 15.4 Å². The van der Waals surface area contributed by atoms with Crippen LogP contribution in [0.5, 0.6) is 0 Å². The average molecular weight is 249 g/mol. The van der Waals surface area contributed by atoms with Crippen LogP contribution < -0.4 is 10.6 Å². The largest absolute Gasteiger partial charge is 0.366 e. The Morgan fingerprint density at radius 1 is 1.38 bits per heavy atom. The van der Waals surface area contributed by atoms with Crippen molar-refractivity contribution in [3.05, 3.63) is 0 Å². The van der Waals surface area contributed by atoms with Crippen LogP contribution in [0.2, 0.25) is 0 Å². The van der Waals surface area contributed by atoms with Crippen molar-refractivity contribution in [3.8, 4) is 0 Å². The number of morpholine rings is 1. The van der Waals surface area contributed by atoms with Crippen LogP contribution in [-0.2, 0) is 9.53 Å². The summed E-state index contributed by atoms with van der Waals surface area (Å²) in [6, 6.07) is 0. The predicted molar refractivity (Wildman–Crippen MR) is 64.8 cm³/mol. The Morgan fingerprint density at radius 2 is 2.12 bits per heavy atom. The molecule has 0 aromatic carbocycles. The summed E-state index contributed by atoms with van der Waals surface area (Å²) in [6.07, 6.45) is 4.90. The van der Waals surface area contributed by atoms with Gasteiger partial charge in [0.1, 0.15) is 6.10 Å². The van der Waals surface area contributed by atoms with Crippen LogP contribution >= 0.6 is 12.4 Å². The maximum Gasteiger partial charge on any atom is 0.250 e. The molecular weight excluding hydrogens is 228 g/mol. The second kappa shape index (κ2) is 7.09. The molecule has 1 aliphatic carbocycles. The van der Waals surface area contributed by atoms with Gasteiger partial charge in [0, 0.05) is 19.6 Å². The normalized spacial score (nSPS) is 26.1. The van der Waals surface area contributed by atoms with Gasteiger partial charge in [0.2, 0.25) is 5.91 Å². The molecule has 1 saturated carbocycles. The SMILES string of the molecule is Cl.O=C(NCC1CCCC1)C1CNCCO1. The Morgan fingerprint density at radius 3 is 2.75 bits per heavy atom. The highest BCUT2D eigenvalue weighted by Crippen LogP contribution is 2.23. The number of carbonyl (C=O) groups excluding carboxylic acids is 1. The summed E-state index contributed by atoms with van der Waals surface area (Å²) >= 11 is 0. The van der Waals surface area contributed by atoms with Gasteiger partial charge in [-0.15, -0.1) is 12.4 Å². The fourth-order valence-electron chi connectivity index (χ4n) is 2.31. The number of halogens is 1. The molecule has 0 radical (unpaired) electrons. The summed E-state index contributed by atoms with van der Waals surface area (Å²) in [4.78, 5) is 11.7. The van der Waals surface area contributed by atoms with Gasteiger partial charge in [0.15, 0.2) is 0 Å². The molecule has 1 saturated heterocycles. The number of nitrogens with one attached hydrogen (secondary N) is 2. The van der Waals surface area contributed by atoms with Crippen LogP contribution in [0, 0.1) is 5.92 Å². The first-order valence-corrected chi connectivity index (χ1v) is 5.96. The first-order valence-electron chi connectivity index (χ1n) is 5.96. The van der Waals surface area contributed by atoms with Gasteiger partial charge in [0.25, 0.3) is 0 Å². The second-order valence-electron chi connectivity index (χ2n) is 4.46. The van der Waals surface area contributed by atoms with Crippen LogP contribution in [-0.4, -0.2) is 38.3 Å². The van der Waals surface area contributed by atoms with Crippen molar-refractivity contribution >= 4 is 18.3 Å². The van der Waals surface area contributed by atoms with E-state index in [1.54, 1.807) is 0 Å². The van der Waals surface area contributed by atoms with Crippen molar-refractivity contribution in [2.24, 2.45) is 5.92 Å². The smallest absolute Gasteiger partial charge is 0.250 e. The minimum Gasteiger partial charge on any atom is -0.366 e. The maximum absolute atomic E-state index is 11.7. The molecular formula is C11H21ClN2O2. The minimum absolute atomic E-state index is 0. The number of rotatable bonds is 3. The van der Waals surface area contributed by atoms with Crippen molar-refractivity contribution in [1.82, 2.24) is 10.6 Å². The molecule has 2 fully saturated rings. The van der Waals surface area contributed by atoms with Crippen LogP contribution in [0.25, 0.3) is 0 Å². The summed E-state index contributed by atoms with van der Waals surface area (Å²) in [6.45, 7) is 2.98. The highest BCUT2D eigenvalue weighted by Gasteiger charge is 2.23. The van der Waals surface area contributed by atoms with E-state index in [-0.39, 0.29) is 24.4 Å². The highest BCUT2D eigenvalue weighted by molar-refractivity contribution is 5.85. The number of hydrogen-bond donors (Lipinski definition) is 2. The lowest BCUT2D eigenvalue weighted by Gasteiger charge is -2.23. The Kier molecular flexibility index (Phi) is 6.09. The zero-order valence-corrected chi connectivity index (χ0v) is 10.4. The van der Waals surface area contributed by atoms with Crippen molar-refractivity contribution in [2.45, 2.75) is 31.8 Å². The van der Waals surface area contributed by atoms with Crippen LogP contribution in [0.3, 0.4) is 0 Å². The molecule has 1 atom stereocenters. The summed E-state index contributed by atoms with van der Waals surface area (Å²) < 4.78 is 5.38. The molecule has 2 aliphatic rings. The van der Waals surface area contributed by atoms with E-state index in [9.17, 15) is 4.79 Å². The molecule has 2 rings (SSSR count). The van der Waals surface area contributed by atoms with E-state index in [4.69, 9.17) is 4.74 Å². The molecule has 1 amide bonds. The highest BCUT2D eigenvalue weighted by atomic mass is 35.5. The lowest BCUT2D eigenvalue weighted by atomic mass is 10.1. The Hall–Kier alpha value is -0.320. The lowest BCUT2D eigenvalue weighted by Crippen LogP contribution is -2.48. The van der Waals surface area contributed by atoms with Crippen molar-refractivity contribution in [1.29, 1.82) is 0 Å². The van der Waals surface area contributed by atoms with Gasteiger partial charge in [-0.1, -0.05) is 12.8 Å². The first-order chi connectivity index (χ1) is 7.36. The third-order valence-corrected chi connectivity index (χ3v) is 3.26. The van der Waals surface area contributed by atoms with Crippen molar-refractivity contribution in [3.63, 3.8) is 0 Å². The first kappa shape index (κ1) is 13.7. The topological polar surface area (TPSA) is 50.4 Å². The van der Waals surface area contributed by atoms with Gasteiger partial charge in [-0.25, -0.2) is 0 Å². The zero-order chi connectivity index (χ0) is 10.5. The van der Waals surface area contributed by atoms with E-state index in [1.807, 2.05) is 0 Å². The van der Waals surface area contributed by atoms with E-state index in [0.717, 1.165) is 13.1 Å². The third-order valence-electron chi connectivity index (χ3n) is 3.26. The molecule has 94 valence electrons. The molecule has 0 bridgehead atoms. The summed E-state index contributed by atoms with van der Waals surface area (Å²) in [5.74, 6) is 0.750. The predicted octanol–water partition coefficient (Wildman–Crippen LogP) is 0.703. The molecule has 1 aliphatic heterocycles. The lowest BCUT2D eigenvalue weighted by molar-refractivity contribution is -0.134. The van der Waals surface area contributed by atoms with Crippen LogP contribution in [0.15, 0.2) is 0 Å². The van der Waals surface area contributed by atoms with E-state index >= 15 is 0 Å². The molecule has 5 heteroatoms. The zero-order valence-electron chi connectivity index (χ0n) is 9.54. The Bertz CT molecular complexity index is 214. The number of amides is 1. The fraction of sp³-hybridized carbons (Fsp3) is 0.909. The van der Waals surface area contributed by atoms with Gasteiger partial charge in [0.05, 0.1) is 6.61 Å². The fourth-order valence-corrected chi connectivity index (χ4v) is 2.31. The maximum atomic E-state index is 11.7. The Balaban J connectivity index is 0.00000128. The van der Waals surface area contributed by atoms with Crippen molar-refractivity contribution < 1.29 is 9.53 Å². The van der Waals surface area contributed by atoms with E-state index in [0.29, 0.717) is 19.1 Å². The van der Waals surface area contributed by atoms with Crippen molar-refractivity contribution in [2.75, 3.05) is 26.2 Å². The molecule has 1 heterocycles. The number of carbonyl (C=O) groups is 1. The Labute approximate surface area is 103 Å². The van der Waals surface area contributed by atoms with Crippen LogP contribution in [0.4, 0.5) is 0 Å². The summed E-state index contributed by atoms with van der Waals surface area (Å²) in [5.41, 5.74) is 0. The van der Waals surface area contributed by atoms with E-state index in [2.05, 4.69) is 10.6 Å². The van der Waals surface area contributed by atoms with Gasteiger partial charge in [-0.05, 0) is 18.8 Å². The van der Waals surface area contributed by atoms with Gasteiger partial charge >= 0.3 is 0 Å². The second-order valence-corrected chi connectivity index (χ2v) is 4.46. The molecule has 0 aromatic heterocycles. The van der Waals surface area contributed by atoms with Crippen LogP contribution in [0.1, 0.15) is 25.7 Å². The summed E-state index contributed by atoms with van der Waals surface area (Å²) in [7, 11) is 0. The van der Waals surface area contributed by atoms with Gasteiger partial charge in [-0.3, -0.25) is 4.79 Å². The third kappa shape index (κ3) is 3.92. The number of ether oxygens (including phenoxy) is 1. The van der Waals surface area contributed by atoms with E-state index < -0.39 is 0 Å². The molecule has 2 N–H and O–H groups in total. The molecule has 16 heavy (non-hydrogen) atoms. The minimum atomic E-state index is -0.278. The molecule has 0 aromatic rings. The summed E-state index contributed by atoms with van der Waals surface area (Å²) in [5, 5.41) is 6.15. The monoisotopic (exact) mass is 248 g/mol. The average Bonchev–Trinajstić information content (AvgIpc) is 2.80. The molecule has 4 nitrogen and oxygen atoms in total. The van der Waals surface area contributed by atoms with Gasteiger partial charge in [-0.2, -0.15) is 0 Å². The molecule has 0 spiro atoms. The van der Waals surface area contributed by atoms with E-state index in [1.165, 1.54) is 25.7 Å². The molecule has 1 unspecified atom stereocenters. The number of hydrogen-bond acceptors (Lipinski definition) is 3.